The summed E-state index contributed by atoms with van der Waals surface area (Å²) in [5.41, 5.74) is 2.56. The minimum atomic E-state index is -0.0292. The molecule has 0 aromatic heterocycles. The zero-order chi connectivity index (χ0) is 10.8. The van der Waals surface area contributed by atoms with Crippen molar-refractivity contribution in [2.45, 2.75) is 27.2 Å². The predicted molar refractivity (Wildman–Crippen MR) is 63.4 cm³/mol. The van der Waals surface area contributed by atoms with Crippen molar-refractivity contribution in [2.24, 2.45) is 5.41 Å². The van der Waals surface area contributed by atoms with Gasteiger partial charge in [0.15, 0.2) is 0 Å². The van der Waals surface area contributed by atoms with Crippen LogP contribution in [0.15, 0.2) is 22.7 Å². The molecular formula is C12H17BrO. The maximum Gasteiger partial charge on any atom is 0.0485 e. The van der Waals surface area contributed by atoms with Crippen LogP contribution in [0.25, 0.3) is 0 Å². The summed E-state index contributed by atoms with van der Waals surface area (Å²) in [4.78, 5) is 0. The van der Waals surface area contributed by atoms with Crippen LogP contribution in [0.3, 0.4) is 0 Å². The van der Waals surface area contributed by atoms with Crippen LogP contribution in [0, 0.1) is 12.3 Å². The van der Waals surface area contributed by atoms with Gasteiger partial charge in [0.2, 0.25) is 0 Å². The Bertz CT molecular complexity index is 318. The van der Waals surface area contributed by atoms with Crippen LogP contribution in [0.4, 0.5) is 0 Å². The van der Waals surface area contributed by atoms with Gasteiger partial charge in [-0.3, -0.25) is 0 Å². The van der Waals surface area contributed by atoms with Gasteiger partial charge in [0, 0.05) is 11.1 Å². The van der Waals surface area contributed by atoms with Gasteiger partial charge in [-0.2, -0.15) is 0 Å². The lowest BCUT2D eigenvalue weighted by Gasteiger charge is -2.22. The van der Waals surface area contributed by atoms with E-state index in [-0.39, 0.29) is 12.0 Å². The molecule has 0 heterocycles. The molecule has 1 N–H and O–H groups in total. The zero-order valence-corrected chi connectivity index (χ0v) is 10.6. The molecule has 14 heavy (non-hydrogen) atoms. The number of aryl methyl sites for hydroxylation is 1. The Morgan fingerprint density at radius 3 is 2.50 bits per heavy atom. The highest BCUT2D eigenvalue weighted by Crippen LogP contribution is 2.24. The first-order valence-corrected chi connectivity index (χ1v) is 5.60. The summed E-state index contributed by atoms with van der Waals surface area (Å²) in [7, 11) is 0. The van der Waals surface area contributed by atoms with E-state index in [2.05, 4.69) is 54.9 Å². The molecule has 1 aromatic carbocycles. The third-order valence-electron chi connectivity index (χ3n) is 2.40. The van der Waals surface area contributed by atoms with Gasteiger partial charge in [-0.25, -0.2) is 0 Å². The van der Waals surface area contributed by atoms with E-state index in [1.54, 1.807) is 0 Å². The number of aliphatic hydroxyl groups excluding tert-OH is 1. The van der Waals surface area contributed by atoms with Gasteiger partial charge in [0.05, 0.1) is 0 Å². The second-order valence-electron chi connectivity index (χ2n) is 4.57. The largest absolute Gasteiger partial charge is 0.396 e. The summed E-state index contributed by atoms with van der Waals surface area (Å²) in [6.45, 7) is 6.49. The fourth-order valence-corrected chi connectivity index (χ4v) is 1.90. The molecule has 0 radical (unpaired) electrons. The second kappa shape index (κ2) is 4.45. The summed E-state index contributed by atoms with van der Waals surface area (Å²) >= 11 is 3.44. The van der Waals surface area contributed by atoms with Crippen molar-refractivity contribution >= 4 is 15.9 Å². The SMILES string of the molecule is Cc1cc(Br)ccc1CC(C)(C)CO. The van der Waals surface area contributed by atoms with Crippen molar-refractivity contribution in [1.29, 1.82) is 0 Å². The molecule has 0 spiro atoms. The van der Waals surface area contributed by atoms with Crippen molar-refractivity contribution < 1.29 is 5.11 Å². The van der Waals surface area contributed by atoms with Crippen molar-refractivity contribution in [3.05, 3.63) is 33.8 Å². The minimum absolute atomic E-state index is 0.0292. The van der Waals surface area contributed by atoms with Crippen LogP contribution < -0.4 is 0 Å². The van der Waals surface area contributed by atoms with Crippen LogP contribution >= 0.6 is 15.9 Å². The van der Waals surface area contributed by atoms with E-state index in [1.807, 2.05) is 0 Å². The molecule has 0 amide bonds. The van der Waals surface area contributed by atoms with Crippen LogP contribution in [0.1, 0.15) is 25.0 Å². The lowest BCUT2D eigenvalue weighted by Crippen LogP contribution is -2.20. The highest BCUT2D eigenvalue weighted by atomic mass is 79.9. The number of rotatable bonds is 3. The van der Waals surface area contributed by atoms with Gasteiger partial charge < -0.3 is 5.11 Å². The summed E-state index contributed by atoms with van der Waals surface area (Å²) in [5, 5.41) is 9.19. The maximum atomic E-state index is 9.19. The van der Waals surface area contributed by atoms with Gasteiger partial charge in [0.25, 0.3) is 0 Å². The Kier molecular flexibility index (Phi) is 3.73. The highest BCUT2D eigenvalue weighted by Gasteiger charge is 2.17. The van der Waals surface area contributed by atoms with Gasteiger partial charge in [-0.1, -0.05) is 35.8 Å². The number of hydrogen-bond donors (Lipinski definition) is 1. The van der Waals surface area contributed by atoms with Crippen molar-refractivity contribution in [1.82, 2.24) is 0 Å². The van der Waals surface area contributed by atoms with Gasteiger partial charge >= 0.3 is 0 Å². The lowest BCUT2D eigenvalue weighted by atomic mass is 9.85. The molecule has 0 fully saturated rings. The molecule has 2 heteroatoms. The van der Waals surface area contributed by atoms with Gasteiger partial charge in [-0.05, 0) is 42.0 Å². The Morgan fingerprint density at radius 2 is 2.00 bits per heavy atom. The summed E-state index contributed by atoms with van der Waals surface area (Å²) < 4.78 is 1.11. The molecule has 0 saturated heterocycles. The maximum absolute atomic E-state index is 9.19. The molecule has 0 atom stereocenters. The zero-order valence-electron chi connectivity index (χ0n) is 8.97. The van der Waals surface area contributed by atoms with Crippen molar-refractivity contribution in [3.8, 4) is 0 Å². The standard InChI is InChI=1S/C12H17BrO/c1-9-6-11(13)5-4-10(9)7-12(2,3)8-14/h4-6,14H,7-8H2,1-3H3. The minimum Gasteiger partial charge on any atom is -0.396 e. The molecule has 1 nitrogen and oxygen atoms in total. The van der Waals surface area contributed by atoms with E-state index in [0.717, 1.165) is 10.9 Å². The van der Waals surface area contributed by atoms with Crippen LogP contribution in [0.5, 0.6) is 0 Å². The quantitative estimate of drug-likeness (QED) is 0.880. The summed E-state index contributed by atoms with van der Waals surface area (Å²) in [6, 6.07) is 6.29. The predicted octanol–water partition coefficient (Wildman–Crippen LogP) is 3.32. The Morgan fingerprint density at radius 1 is 1.36 bits per heavy atom. The van der Waals surface area contributed by atoms with Crippen molar-refractivity contribution in [2.75, 3.05) is 6.61 Å². The smallest absolute Gasteiger partial charge is 0.0485 e. The average molecular weight is 257 g/mol. The first-order chi connectivity index (χ1) is 6.44. The first-order valence-electron chi connectivity index (χ1n) is 4.80. The normalized spacial score (nSPS) is 11.8. The Labute approximate surface area is 94.3 Å². The number of halogens is 1. The number of benzene rings is 1. The molecule has 0 aliphatic heterocycles. The van der Waals surface area contributed by atoms with E-state index in [4.69, 9.17) is 0 Å². The third kappa shape index (κ3) is 3.10. The van der Waals surface area contributed by atoms with Crippen LogP contribution in [0.2, 0.25) is 0 Å². The number of aliphatic hydroxyl groups is 1. The van der Waals surface area contributed by atoms with Gasteiger partial charge in [-0.15, -0.1) is 0 Å². The third-order valence-corrected chi connectivity index (χ3v) is 2.89. The van der Waals surface area contributed by atoms with E-state index in [9.17, 15) is 5.11 Å². The van der Waals surface area contributed by atoms with E-state index < -0.39 is 0 Å². The molecule has 1 aromatic rings. The molecular weight excluding hydrogens is 240 g/mol. The second-order valence-corrected chi connectivity index (χ2v) is 5.49. The average Bonchev–Trinajstić information content (AvgIpc) is 2.10. The first kappa shape index (κ1) is 11.7. The fraction of sp³-hybridized carbons (Fsp3) is 0.500. The van der Waals surface area contributed by atoms with E-state index in [1.165, 1.54) is 11.1 Å². The van der Waals surface area contributed by atoms with Gasteiger partial charge in [0.1, 0.15) is 0 Å². The van der Waals surface area contributed by atoms with Crippen LogP contribution in [-0.4, -0.2) is 11.7 Å². The fourth-order valence-electron chi connectivity index (χ4n) is 1.43. The van der Waals surface area contributed by atoms with Crippen LogP contribution in [-0.2, 0) is 6.42 Å². The Hall–Kier alpha value is -0.340. The van der Waals surface area contributed by atoms with E-state index in [0.29, 0.717) is 0 Å². The topological polar surface area (TPSA) is 20.2 Å². The van der Waals surface area contributed by atoms with E-state index >= 15 is 0 Å². The summed E-state index contributed by atoms with van der Waals surface area (Å²) in [6.07, 6.45) is 0.919. The molecule has 0 unspecified atom stereocenters. The summed E-state index contributed by atoms with van der Waals surface area (Å²) in [5.74, 6) is 0. The molecule has 0 aliphatic carbocycles. The Balaban J connectivity index is 2.87. The molecule has 0 aliphatic rings. The molecule has 0 bridgehead atoms. The van der Waals surface area contributed by atoms with Crippen molar-refractivity contribution in [3.63, 3.8) is 0 Å². The molecule has 0 saturated carbocycles. The monoisotopic (exact) mass is 256 g/mol. The molecule has 78 valence electrons. The lowest BCUT2D eigenvalue weighted by molar-refractivity contribution is 0.159. The number of hydrogen-bond acceptors (Lipinski definition) is 1. The molecule has 1 rings (SSSR count). The highest BCUT2D eigenvalue weighted by molar-refractivity contribution is 9.10.